The highest BCUT2D eigenvalue weighted by atomic mass is 16.5. The molecule has 0 spiro atoms. The van der Waals surface area contributed by atoms with Crippen LogP contribution in [0.1, 0.15) is 30.2 Å². The van der Waals surface area contributed by atoms with Crippen LogP contribution in [0.15, 0.2) is 27.5 Å². The maximum atomic E-state index is 11.5. The third-order valence-electron chi connectivity index (χ3n) is 2.35. The molecule has 16 heavy (non-hydrogen) atoms. The summed E-state index contributed by atoms with van der Waals surface area (Å²) >= 11 is 0. The molecule has 1 aromatic carbocycles. The molecule has 1 aromatic heterocycles. The molecule has 0 saturated heterocycles. The number of hydrogen-bond acceptors (Lipinski definition) is 3. The lowest BCUT2D eigenvalue weighted by Gasteiger charge is -2.05. The zero-order valence-electron chi connectivity index (χ0n) is 8.93. The predicted octanol–water partition coefficient (Wildman–Crippen LogP) is 1.87. The number of nitrogens with zero attached hydrogens (tertiary/aromatic N) is 1. The smallest absolute Gasteiger partial charge is 0.365 e. The van der Waals surface area contributed by atoms with Gasteiger partial charge in [0.25, 0.3) is 0 Å². The van der Waals surface area contributed by atoms with Gasteiger partial charge in [-0.2, -0.15) is 0 Å². The van der Waals surface area contributed by atoms with Gasteiger partial charge in [-0.3, -0.25) is 0 Å². The summed E-state index contributed by atoms with van der Waals surface area (Å²) in [5.74, 6) is -1.06. The van der Waals surface area contributed by atoms with Crippen LogP contribution in [0.2, 0.25) is 0 Å². The van der Waals surface area contributed by atoms with Crippen LogP contribution in [-0.2, 0) is 0 Å². The lowest BCUT2D eigenvalue weighted by Crippen LogP contribution is -1.99. The standard InChI is InChI=1S/C11H11NO4/c1-6(2)12-9-4-3-7(10(13)14)5-8(9)11(15)16-12/h3-6H,1-2H3,(H,13,14). The van der Waals surface area contributed by atoms with Gasteiger partial charge in [-0.15, -0.1) is 0 Å². The molecule has 1 heterocycles. The molecule has 84 valence electrons. The molecule has 5 nitrogen and oxygen atoms in total. The molecule has 0 aliphatic rings. The average Bonchev–Trinajstić information content (AvgIpc) is 2.56. The van der Waals surface area contributed by atoms with Gasteiger partial charge >= 0.3 is 11.6 Å². The highest BCUT2D eigenvalue weighted by Gasteiger charge is 2.13. The maximum absolute atomic E-state index is 11.5. The molecule has 0 bridgehead atoms. The predicted molar refractivity (Wildman–Crippen MR) is 57.8 cm³/mol. The third-order valence-corrected chi connectivity index (χ3v) is 2.35. The molecule has 0 aliphatic heterocycles. The lowest BCUT2D eigenvalue weighted by atomic mass is 10.1. The molecule has 2 rings (SSSR count). The van der Waals surface area contributed by atoms with Gasteiger partial charge in [0.1, 0.15) is 0 Å². The van der Waals surface area contributed by atoms with E-state index >= 15 is 0 Å². The largest absolute Gasteiger partial charge is 0.478 e. The summed E-state index contributed by atoms with van der Waals surface area (Å²) in [7, 11) is 0. The Labute approximate surface area is 90.9 Å². The van der Waals surface area contributed by atoms with E-state index in [4.69, 9.17) is 9.63 Å². The van der Waals surface area contributed by atoms with E-state index in [9.17, 15) is 9.59 Å². The second kappa shape index (κ2) is 3.52. The van der Waals surface area contributed by atoms with Crippen LogP contribution in [0, 0.1) is 0 Å². The molecule has 0 radical (unpaired) electrons. The van der Waals surface area contributed by atoms with Crippen LogP contribution in [0.25, 0.3) is 10.9 Å². The zero-order valence-corrected chi connectivity index (χ0v) is 8.93. The molecule has 0 unspecified atom stereocenters. The molecule has 0 saturated carbocycles. The SMILES string of the molecule is CC(C)n1oc(=O)c2cc(C(=O)O)ccc21. The molecule has 2 aromatic rings. The zero-order chi connectivity index (χ0) is 11.9. The van der Waals surface area contributed by atoms with Crippen molar-refractivity contribution < 1.29 is 14.4 Å². The Morgan fingerprint density at radius 2 is 2.12 bits per heavy atom. The van der Waals surface area contributed by atoms with Crippen molar-refractivity contribution in [3.8, 4) is 0 Å². The van der Waals surface area contributed by atoms with Gasteiger partial charge in [0, 0.05) is 0 Å². The van der Waals surface area contributed by atoms with Crippen LogP contribution in [0.5, 0.6) is 0 Å². The third kappa shape index (κ3) is 1.50. The van der Waals surface area contributed by atoms with Gasteiger partial charge in [0.2, 0.25) is 0 Å². The molecule has 0 atom stereocenters. The first-order valence-corrected chi connectivity index (χ1v) is 4.89. The van der Waals surface area contributed by atoms with Crippen LogP contribution < -0.4 is 5.63 Å². The molecular weight excluding hydrogens is 210 g/mol. The van der Waals surface area contributed by atoms with Crippen LogP contribution >= 0.6 is 0 Å². The Morgan fingerprint density at radius 3 is 2.69 bits per heavy atom. The van der Waals surface area contributed by atoms with Gasteiger partial charge in [-0.1, -0.05) is 0 Å². The van der Waals surface area contributed by atoms with E-state index in [0.717, 1.165) is 0 Å². The van der Waals surface area contributed by atoms with Crippen molar-refractivity contribution in [3.05, 3.63) is 34.2 Å². The van der Waals surface area contributed by atoms with Gasteiger partial charge in [0.05, 0.1) is 22.5 Å². The fourth-order valence-corrected chi connectivity index (χ4v) is 1.60. The molecule has 0 aliphatic carbocycles. The van der Waals surface area contributed by atoms with E-state index in [0.29, 0.717) is 10.9 Å². The van der Waals surface area contributed by atoms with Crippen molar-refractivity contribution in [2.24, 2.45) is 0 Å². The van der Waals surface area contributed by atoms with Crippen molar-refractivity contribution >= 4 is 16.9 Å². The highest BCUT2D eigenvalue weighted by molar-refractivity contribution is 5.93. The van der Waals surface area contributed by atoms with Crippen molar-refractivity contribution in [2.75, 3.05) is 0 Å². The normalized spacial score (nSPS) is 11.2. The number of rotatable bonds is 2. The number of carboxylic acids is 1. The minimum absolute atomic E-state index is 0.0147. The van der Waals surface area contributed by atoms with Gasteiger partial charge in [0.15, 0.2) is 0 Å². The van der Waals surface area contributed by atoms with Crippen LogP contribution in [0.3, 0.4) is 0 Å². The van der Waals surface area contributed by atoms with E-state index in [1.54, 1.807) is 6.07 Å². The fraction of sp³-hybridized carbons (Fsp3) is 0.273. The molecule has 5 heteroatoms. The number of hydrogen-bond donors (Lipinski definition) is 1. The van der Waals surface area contributed by atoms with Gasteiger partial charge in [-0.05, 0) is 32.0 Å². The van der Waals surface area contributed by atoms with Crippen LogP contribution in [0.4, 0.5) is 0 Å². The van der Waals surface area contributed by atoms with Gasteiger partial charge < -0.3 is 9.63 Å². The number of aromatic nitrogens is 1. The molecular formula is C11H11NO4. The maximum Gasteiger partial charge on any atom is 0.365 e. The molecule has 0 fully saturated rings. The Hall–Kier alpha value is -2.04. The first kappa shape index (κ1) is 10.5. The average molecular weight is 221 g/mol. The number of fused-ring (bicyclic) bond motifs is 1. The van der Waals surface area contributed by atoms with Crippen molar-refractivity contribution in [1.82, 2.24) is 4.74 Å². The lowest BCUT2D eigenvalue weighted by molar-refractivity contribution is 0.0697. The van der Waals surface area contributed by atoms with Crippen molar-refractivity contribution in [2.45, 2.75) is 19.9 Å². The van der Waals surface area contributed by atoms with E-state index in [-0.39, 0.29) is 11.6 Å². The highest BCUT2D eigenvalue weighted by Crippen LogP contribution is 2.17. The molecule has 1 N–H and O–H groups in total. The number of aromatic carboxylic acids is 1. The minimum Gasteiger partial charge on any atom is -0.478 e. The van der Waals surface area contributed by atoms with E-state index < -0.39 is 11.6 Å². The van der Waals surface area contributed by atoms with Gasteiger partial charge in [-0.25, -0.2) is 14.3 Å². The summed E-state index contributed by atoms with van der Waals surface area (Å²) in [4.78, 5) is 22.3. The van der Waals surface area contributed by atoms with Crippen molar-refractivity contribution in [1.29, 1.82) is 0 Å². The topological polar surface area (TPSA) is 72.4 Å². The van der Waals surface area contributed by atoms with Crippen LogP contribution in [-0.4, -0.2) is 15.8 Å². The number of benzene rings is 1. The second-order valence-corrected chi connectivity index (χ2v) is 3.84. The van der Waals surface area contributed by atoms with E-state index in [2.05, 4.69) is 0 Å². The van der Waals surface area contributed by atoms with Crippen molar-refractivity contribution in [3.63, 3.8) is 0 Å². The van der Waals surface area contributed by atoms with E-state index in [1.807, 2.05) is 13.8 Å². The Kier molecular flexibility index (Phi) is 2.30. The molecule has 0 amide bonds. The summed E-state index contributed by atoms with van der Waals surface area (Å²) in [6, 6.07) is 4.39. The summed E-state index contributed by atoms with van der Waals surface area (Å²) in [5.41, 5.74) is 0.193. The summed E-state index contributed by atoms with van der Waals surface area (Å²) in [5, 5.41) is 9.11. The summed E-state index contributed by atoms with van der Waals surface area (Å²) < 4.78 is 6.50. The number of carbonyl (C=O) groups is 1. The Bertz CT molecular complexity index is 606. The quantitative estimate of drug-likeness (QED) is 0.840. The van der Waals surface area contributed by atoms with E-state index in [1.165, 1.54) is 16.9 Å². The number of carboxylic acid groups (broad SMARTS) is 1. The second-order valence-electron chi connectivity index (χ2n) is 3.84. The first-order chi connectivity index (χ1) is 7.50. The Morgan fingerprint density at radius 1 is 1.44 bits per heavy atom. The minimum atomic E-state index is -1.06. The summed E-state index contributed by atoms with van der Waals surface area (Å²) in [6.45, 7) is 3.76. The fourth-order valence-electron chi connectivity index (χ4n) is 1.60. The monoisotopic (exact) mass is 221 g/mol. The first-order valence-electron chi connectivity index (χ1n) is 4.89. The summed E-state index contributed by atoms with van der Waals surface area (Å²) in [6.07, 6.45) is 0. The Balaban J connectivity index is 2.76.